The van der Waals surface area contributed by atoms with Gasteiger partial charge in [-0.25, -0.2) is 8.78 Å². The highest BCUT2D eigenvalue weighted by molar-refractivity contribution is 5.88. The summed E-state index contributed by atoms with van der Waals surface area (Å²) < 4.78 is 38.8. The maximum absolute atomic E-state index is 13.9. The third kappa shape index (κ3) is 4.01. The molecule has 4 aromatic rings. The molecule has 0 atom stereocenters. The second-order valence-corrected chi connectivity index (χ2v) is 7.74. The van der Waals surface area contributed by atoms with Crippen molar-refractivity contribution in [1.82, 2.24) is 0 Å². The highest BCUT2D eigenvalue weighted by Crippen LogP contribution is 2.36. The van der Waals surface area contributed by atoms with Gasteiger partial charge in [-0.15, -0.1) is 0 Å². The lowest BCUT2D eigenvalue weighted by atomic mass is 10.0. The Hall–Kier alpha value is -3.87. The Kier molecular flexibility index (Phi) is 5.57. The van der Waals surface area contributed by atoms with Crippen molar-refractivity contribution in [1.29, 1.82) is 0 Å². The van der Waals surface area contributed by atoms with Crippen molar-refractivity contribution in [2.75, 3.05) is 0 Å². The average molecular weight is 438 g/mol. The number of hydrogen-bond acceptors (Lipinski definition) is 5. The van der Waals surface area contributed by atoms with E-state index in [1.807, 2.05) is 24.3 Å². The van der Waals surface area contributed by atoms with Gasteiger partial charge in [0.1, 0.15) is 29.1 Å². The summed E-state index contributed by atoms with van der Waals surface area (Å²) in [7, 11) is 0. The minimum atomic E-state index is -1.13. The zero-order chi connectivity index (χ0) is 23.0. The van der Waals surface area contributed by atoms with E-state index >= 15 is 0 Å². The maximum atomic E-state index is 13.9. The summed E-state index contributed by atoms with van der Waals surface area (Å²) in [5, 5.41) is 19.8. The maximum Gasteiger partial charge on any atom is 0.239 e. The van der Waals surface area contributed by atoms with E-state index in [1.54, 1.807) is 0 Å². The number of halogens is 2. The summed E-state index contributed by atoms with van der Waals surface area (Å²) in [5.41, 5.74) is 1.16. The highest BCUT2D eigenvalue weighted by Gasteiger charge is 2.22. The molecule has 4 rings (SSSR count). The van der Waals surface area contributed by atoms with Crippen molar-refractivity contribution in [3.63, 3.8) is 0 Å². The first-order valence-corrected chi connectivity index (χ1v) is 9.94. The van der Waals surface area contributed by atoms with E-state index in [1.165, 1.54) is 6.07 Å². The van der Waals surface area contributed by atoms with Crippen LogP contribution in [-0.2, 0) is 6.61 Å². The van der Waals surface area contributed by atoms with Crippen molar-refractivity contribution in [2.45, 2.75) is 26.4 Å². The van der Waals surface area contributed by atoms with Crippen LogP contribution in [0.2, 0.25) is 0 Å². The quantitative estimate of drug-likeness (QED) is 0.409. The van der Waals surface area contributed by atoms with Gasteiger partial charge in [-0.05, 0) is 35.2 Å². The lowest BCUT2D eigenvalue weighted by Crippen LogP contribution is -2.10. The molecule has 1 heterocycles. The molecule has 0 amide bonds. The molecule has 0 saturated heterocycles. The molecule has 0 saturated carbocycles. The average Bonchev–Trinajstić information content (AvgIpc) is 2.74. The van der Waals surface area contributed by atoms with Crippen LogP contribution in [0.5, 0.6) is 17.2 Å². The molecule has 0 aliphatic heterocycles. The van der Waals surface area contributed by atoms with Crippen LogP contribution in [0.4, 0.5) is 8.78 Å². The molecule has 2 N–H and O–H groups in total. The van der Waals surface area contributed by atoms with E-state index in [2.05, 4.69) is 13.8 Å². The molecule has 3 aromatic carbocycles. The third-order valence-electron chi connectivity index (χ3n) is 5.13. The summed E-state index contributed by atoms with van der Waals surface area (Å²) in [6.45, 7) is 4.15. The van der Waals surface area contributed by atoms with E-state index in [9.17, 15) is 23.8 Å². The summed E-state index contributed by atoms with van der Waals surface area (Å²) >= 11 is 0. The van der Waals surface area contributed by atoms with E-state index in [4.69, 9.17) is 9.15 Å². The zero-order valence-electron chi connectivity index (χ0n) is 17.4. The van der Waals surface area contributed by atoms with Crippen molar-refractivity contribution in [3.05, 3.63) is 87.6 Å². The molecular formula is C25H20F2O5. The first kappa shape index (κ1) is 21.4. The predicted octanol–water partition coefficient (Wildman–Crippen LogP) is 5.85. The minimum Gasteiger partial charge on any atom is -0.508 e. The van der Waals surface area contributed by atoms with Crippen molar-refractivity contribution in [3.8, 4) is 28.6 Å². The number of fused-ring (bicyclic) bond motifs is 1. The van der Waals surface area contributed by atoms with Crippen molar-refractivity contribution >= 4 is 11.0 Å². The fourth-order valence-electron chi connectivity index (χ4n) is 3.38. The van der Waals surface area contributed by atoms with Gasteiger partial charge in [-0.1, -0.05) is 38.1 Å². The van der Waals surface area contributed by atoms with Crippen LogP contribution in [0.25, 0.3) is 22.3 Å². The molecule has 7 heteroatoms. The van der Waals surface area contributed by atoms with Gasteiger partial charge in [0, 0.05) is 17.7 Å². The molecule has 32 heavy (non-hydrogen) atoms. The van der Waals surface area contributed by atoms with Crippen LogP contribution in [0.15, 0.2) is 63.8 Å². The zero-order valence-corrected chi connectivity index (χ0v) is 17.4. The van der Waals surface area contributed by atoms with Crippen LogP contribution in [0.3, 0.4) is 0 Å². The van der Waals surface area contributed by atoms with Gasteiger partial charge in [0.2, 0.25) is 11.2 Å². The SMILES string of the molecule is CC(C)c1ccc(COc2c(-c3ccc(F)c(F)c3)oc3cc(O)cc(O)c3c2=O)cc1. The predicted molar refractivity (Wildman–Crippen MR) is 116 cm³/mol. The fourth-order valence-corrected chi connectivity index (χ4v) is 3.38. The number of phenols is 2. The van der Waals surface area contributed by atoms with Crippen LogP contribution >= 0.6 is 0 Å². The molecule has 0 fully saturated rings. The topological polar surface area (TPSA) is 79.9 Å². The number of benzene rings is 3. The second kappa shape index (κ2) is 8.34. The Bertz CT molecular complexity index is 1360. The molecule has 0 radical (unpaired) electrons. The first-order valence-electron chi connectivity index (χ1n) is 9.94. The Labute approximate surface area is 182 Å². The summed E-state index contributed by atoms with van der Waals surface area (Å²) in [4.78, 5) is 13.2. The molecule has 0 bridgehead atoms. The van der Waals surface area contributed by atoms with Crippen LogP contribution in [0.1, 0.15) is 30.9 Å². The number of phenolic OH excluding ortho intramolecular Hbond substituents is 2. The molecule has 0 spiro atoms. The van der Waals surface area contributed by atoms with Gasteiger partial charge < -0.3 is 19.4 Å². The van der Waals surface area contributed by atoms with Gasteiger partial charge in [-0.3, -0.25) is 4.79 Å². The first-order chi connectivity index (χ1) is 15.2. The van der Waals surface area contributed by atoms with Crippen molar-refractivity contribution < 1.29 is 28.1 Å². The largest absolute Gasteiger partial charge is 0.508 e. The highest BCUT2D eigenvalue weighted by atomic mass is 19.2. The number of hydrogen-bond donors (Lipinski definition) is 2. The third-order valence-corrected chi connectivity index (χ3v) is 5.13. The second-order valence-electron chi connectivity index (χ2n) is 7.74. The smallest absolute Gasteiger partial charge is 0.239 e. The molecule has 0 aliphatic carbocycles. The molecule has 164 valence electrons. The Morgan fingerprint density at radius 2 is 1.69 bits per heavy atom. The summed E-state index contributed by atoms with van der Waals surface area (Å²) in [5.74, 6) is -3.05. The summed E-state index contributed by atoms with van der Waals surface area (Å²) in [6.07, 6.45) is 0. The number of rotatable bonds is 5. The molecule has 0 aliphatic rings. The number of aromatic hydroxyl groups is 2. The van der Waals surface area contributed by atoms with E-state index < -0.39 is 22.8 Å². The molecule has 5 nitrogen and oxygen atoms in total. The van der Waals surface area contributed by atoms with Gasteiger partial charge in [0.05, 0.1) is 0 Å². The van der Waals surface area contributed by atoms with E-state index in [0.717, 1.165) is 35.4 Å². The van der Waals surface area contributed by atoms with Crippen LogP contribution in [-0.4, -0.2) is 10.2 Å². The minimum absolute atomic E-state index is 0.00413. The van der Waals surface area contributed by atoms with Gasteiger partial charge in [-0.2, -0.15) is 0 Å². The van der Waals surface area contributed by atoms with Gasteiger partial charge in [0.25, 0.3) is 0 Å². The van der Waals surface area contributed by atoms with E-state index in [0.29, 0.717) is 5.92 Å². The van der Waals surface area contributed by atoms with Gasteiger partial charge in [0.15, 0.2) is 17.4 Å². The summed E-state index contributed by atoms with van der Waals surface area (Å²) in [6, 6.07) is 12.8. The molecular weight excluding hydrogens is 418 g/mol. The Morgan fingerprint density at radius 1 is 0.969 bits per heavy atom. The number of ether oxygens (including phenoxy) is 1. The molecule has 1 aromatic heterocycles. The standard InChI is InChI=1S/C25H20F2O5/c1-13(2)15-5-3-14(4-6-15)12-31-25-23(30)22-20(29)10-17(28)11-21(22)32-24(25)16-7-8-18(26)19(27)9-16/h3-11,13,28-29H,12H2,1-2H3. The van der Waals surface area contributed by atoms with Gasteiger partial charge >= 0.3 is 0 Å². The van der Waals surface area contributed by atoms with E-state index in [-0.39, 0.29) is 40.4 Å². The molecule has 0 unspecified atom stereocenters. The fraction of sp³-hybridized carbons (Fsp3) is 0.160. The Morgan fingerprint density at radius 3 is 2.34 bits per heavy atom. The Balaban J connectivity index is 1.84. The lowest BCUT2D eigenvalue weighted by Gasteiger charge is -2.13. The van der Waals surface area contributed by atoms with Crippen LogP contribution in [0, 0.1) is 11.6 Å². The monoisotopic (exact) mass is 438 g/mol. The lowest BCUT2D eigenvalue weighted by molar-refractivity contribution is 0.297. The van der Waals surface area contributed by atoms with Crippen molar-refractivity contribution in [2.24, 2.45) is 0 Å². The van der Waals surface area contributed by atoms with Crippen LogP contribution < -0.4 is 10.2 Å². The normalized spacial score (nSPS) is 11.3.